The molecule has 5 nitrogen and oxygen atoms in total. The molecule has 1 N–H and O–H groups in total. The number of rotatable bonds is 8. The van der Waals surface area contributed by atoms with E-state index in [0.29, 0.717) is 13.0 Å². The van der Waals surface area contributed by atoms with Crippen LogP contribution in [0, 0.1) is 5.82 Å². The van der Waals surface area contributed by atoms with Crippen molar-refractivity contribution in [3.8, 4) is 0 Å². The summed E-state index contributed by atoms with van der Waals surface area (Å²) >= 11 is 0. The average molecular weight is 378 g/mol. The van der Waals surface area contributed by atoms with Gasteiger partial charge in [0.15, 0.2) is 0 Å². The van der Waals surface area contributed by atoms with Crippen molar-refractivity contribution in [3.05, 3.63) is 66.0 Å². The fourth-order valence-corrected chi connectivity index (χ4v) is 3.97. The van der Waals surface area contributed by atoms with Crippen LogP contribution in [0.25, 0.3) is 0 Å². The van der Waals surface area contributed by atoms with Gasteiger partial charge in [0.25, 0.3) is 0 Å². The molecule has 0 radical (unpaired) electrons. The molecule has 2 aromatic carbocycles. The highest BCUT2D eigenvalue weighted by atomic mass is 32.2. The number of nitrogens with one attached hydrogen (secondary N) is 1. The van der Waals surface area contributed by atoms with Gasteiger partial charge in [-0.15, -0.1) is 0 Å². The van der Waals surface area contributed by atoms with Gasteiger partial charge in [0, 0.05) is 6.54 Å². The zero-order valence-electron chi connectivity index (χ0n) is 14.9. The molecule has 7 heteroatoms. The van der Waals surface area contributed by atoms with Gasteiger partial charge >= 0.3 is 0 Å². The molecule has 0 saturated heterocycles. The second-order valence-electron chi connectivity index (χ2n) is 5.96. The van der Waals surface area contributed by atoms with Crippen LogP contribution in [0.2, 0.25) is 0 Å². The standard InChI is InChI=1S/C19H23FN2O3S/c1-3-17(19(23)21-14-13-15-9-5-4-6-10-15)22(26(2,24)25)18-12-8-7-11-16(18)20/h4-12,17H,3,13-14H2,1-2H3,(H,21,23)/t17-/m0/s1. The van der Waals surface area contributed by atoms with Crippen LogP contribution >= 0.6 is 0 Å². The van der Waals surface area contributed by atoms with E-state index in [9.17, 15) is 17.6 Å². The first-order valence-electron chi connectivity index (χ1n) is 8.40. The minimum Gasteiger partial charge on any atom is -0.354 e. The van der Waals surface area contributed by atoms with Gasteiger partial charge in [0.2, 0.25) is 15.9 Å². The minimum absolute atomic E-state index is 0.125. The first-order valence-corrected chi connectivity index (χ1v) is 10.2. The van der Waals surface area contributed by atoms with Gasteiger partial charge in [-0.05, 0) is 30.5 Å². The number of hydrogen-bond donors (Lipinski definition) is 1. The van der Waals surface area contributed by atoms with Crippen LogP contribution in [-0.2, 0) is 21.2 Å². The van der Waals surface area contributed by atoms with Gasteiger partial charge in [-0.2, -0.15) is 0 Å². The number of sulfonamides is 1. The van der Waals surface area contributed by atoms with Crippen LogP contribution in [-0.4, -0.2) is 33.2 Å². The van der Waals surface area contributed by atoms with E-state index in [0.717, 1.165) is 16.1 Å². The average Bonchev–Trinajstić information content (AvgIpc) is 2.60. The third-order valence-corrected chi connectivity index (χ3v) is 5.14. The van der Waals surface area contributed by atoms with Gasteiger partial charge in [0.05, 0.1) is 11.9 Å². The lowest BCUT2D eigenvalue weighted by atomic mass is 10.1. The van der Waals surface area contributed by atoms with E-state index < -0.39 is 27.8 Å². The number of carbonyl (C=O) groups excluding carboxylic acids is 1. The number of anilines is 1. The summed E-state index contributed by atoms with van der Waals surface area (Å²) in [6.07, 6.45) is 1.82. The van der Waals surface area contributed by atoms with E-state index in [1.807, 2.05) is 30.3 Å². The van der Waals surface area contributed by atoms with Gasteiger partial charge in [-0.3, -0.25) is 9.10 Å². The van der Waals surface area contributed by atoms with E-state index in [-0.39, 0.29) is 12.1 Å². The summed E-state index contributed by atoms with van der Waals surface area (Å²) < 4.78 is 39.6. The van der Waals surface area contributed by atoms with Crippen molar-refractivity contribution in [2.75, 3.05) is 17.1 Å². The highest BCUT2D eigenvalue weighted by molar-refractivity contribution is 7.92. The lowest BCUT2D eigenvalue weighted by Gasteiger charge is -2.30. The van der Waals surface area contributed by atoms with E-state index in [1.54, 1.807) is 6.92 Å². The molecular weight excluding hydrogens is 355 g/mol. The second kappa shape index (κ2) is 8.80. The summed E-state index contributed by atoms with van der Waals surface area (Å²) in [6.45, 7) is 2.06. The Balaban J connectivity index is 2.17. The second-order valence-corrected chi connectivity index (χ2v) is 7.82. The Morgan fingerprint density at radius 1 is 1.12 bits per heavy atom. The number of hydrogen-bond acceptors (Lipinski definition) is 3. The van der Waals surface area contributed by atoms with Crippen LogP contribution in [0.5, 0.6) is 0 Å². The molecule has 2 aromatic rings. The summed E-state index contributed by atoms with van der Waals surface area (Å²) in [5.41, 5.74) is 0.940. The third kappa shape index (κ3) is 5.05. The van der Waals surface area contributed by atoms with E-state index >= 15 is 0 Å². The summed E-state index contributed by atoms with van der Waals surface area (Å²) in [7, 11) is -3.84. The summed E-state index contributed by atoms with van der Waals surface area (Å²) in [5.74, 6) is -1.13. The lowest BCUT2D eigenvalue weighted by Crippen LogP contribution is -2.50. The van der Waals surface area contributed by atoms with Gasteiger partial charge in [-0.1, -0.05) is 49.4 Å². The maximum absolute atomic E-state index is 14.2. The normalized spacial score (nSPS) is 12.4. The molecule has 1 atom stereocenters. The van der Waals surface area contributed by atoms with Crippen LogP contribution in [0.15, 0.2) is 54.6 Å². The molecule has 0 saturated carbocycles. The zero-order valence-corrected chi connectivity index (χ0v) is 15.7. The number of nitrogens with zero attached hydrogens (tertiary/aromatic N) is 1. The van der Waals surface area contributed by atoms with E-state index in [1.165, 1.54) is 24.3 Å². The molecule has 1 amide bonds. The largest absolute Gasteiger partial charge is 0.354 e. The Morgan fingerprint density at radius 2 is 1.73 bits per heavy atom. The number of amides is 1. The Kier molecular flexibility index (Phi) is 6.74. The molecule has 140 valence electrons. The number of carbonyl (C=O) groups is 1. The SMILES string of the molecule is CC[C@@H](C(=O)NCCc1ccccc1)N(c1ccccc1F)S(C)(=O)=O. The zero-order chi connectivity index (χ0) is 19.2. The quantitative estimate of drug-likeness (QED) is 0.768. The monoisotopic (exact) mass is 378 g/mol. The molecule has 0 unspecified atom stereocenters. The summed E-state index contributed by atoms with van der Waals surface area (Å²) in [6, 6.07) is 14.2. The molecule has 0 spiro atoms. The van der Waals surface area contributed by atoms with Gasteiger partial charge in [0.1, 0.15) is 11.9 Å². The Bertz CT molecular complexity index is 841. The fourth-order valence-electron chi connectivity index (χ4n) is 2.76. The van der Waals surface area contributed by atoms with Crippen molar-refractivity contribution >= 4 is 21.6 Å². The Morgan fingerprint density at radius 3 is 2.31 bits per heavy atom. The van der Waals surface area contributed by atoms with Crippen LogP contribution < -0.4 is 9.62 Å². The Hall–Kier alpha value is -2.41. The molecule has 0 aliphatic rings. The lowest BCUT2D eigenvalue weighted by molar-refractivity contribution is -0.122. The molecule has 0 aromatic heterocycles. The molecule has 2 rings (SSSR count). The summed E-state index contributed by atoms with van der Waals surface area (Å²) in [4.78, 5) is 12.6. The molecule has 0 fully saturated rings. The third-order valence-electron chi connectivity index (χ3n) is 3.98. The topological polar surface area (TPSA) is 66.5 Å². The highest BCUT2D eigenvalue weighted by Crippen LogP contribution is 2.25. The van der Waals surface area contributed by atoms with Crippen molar-refractivity contribution < 1.29 is 17.6 Å². The molecule has 0 aliphatic heterocycles. The molecule has 26 heavy (non-hydrogen) atoms. The van der Waals surface area contributed by atoms with E-state index in [2.05, 4.69) is 5.32 Å². The van der Waals surface area contributed by atoms with Crippen molar-refractivity contribution in [1.29, 1.82) is 0 Å². The molecular formula is C19H23FN2O3S. The molecule has 0 aliphatic carbocycles. The minimum atomic E-state index is -3.84. The van der Waals surface area contributed by atoms with Gasteiger partial charge < -0.3 is 5.32 Å². The number of benzene rings is 2. The van der Waals surface area contributed by atoms with Gasteiger partial charge in [-0.25, -0.2) is 12.8 Å². The smallest absolute Gasteiger partial charge is 0.243 e. The number of para-hydroxylation sites is 1. The van der Waals surface area contributed by atoms with Crippen molar-refractivity contribution in [2.24, 2.45) is 0 Å². The molecule has 0 bridgehead atoms. The highest BCUT2D eigenvalue weighted by Gasteiger charge is 2.32. The fraction of sp³-hybridized carbons (Fsp3) is 0.316. The maximum Gasteiger partial charge on any atom is 0.243 e. The first kappa shape index (κ1) is 19.9. The van der Waals surface area contributed by atoms with Crippen molar-refractivity contribution in [3.63, 3.8) is 0 Å². The van der Waals surface area contributed by atoms with Crippen LogP contribution in [0.1, 0.15) is 18.9 Å². The Labute approximate surface area is 153 Å². The maximum atomic E-state index is 14.2. The first-order chi connectivity index (χ1) is 12.3. The number of halogens is 1. The van der Waals surface area contributed by atoms with Crippen LogP contribution in [0.4, 0.5) is 10.1 Å². The van der Waals surface area contributed by atoms with Crippen LogP contribution in [0.3, 0.4) is 0 Å². The van der Waals surface area contributed by atoms with Crippen molar-refractivity contribution in [2.45, 2.75) is 25.8 Å². The molecule has 0 heterocycles. The van der Waals surface area contributed by atoms with Crippen molar-refractivity contribution in [1.82, 2.24) is 5.32 Å². The predicted octanol–water partition coefficient (Wildman–Crippen LogP) is 2.73. The van der Waals surface area contributed by atoms with E-state index in [4.69, 9.17) is 0 Å². The predicted molar refractivity (Wildman–Crippen MR) is 101 cm³/mol. The summed E-state index contributed by atoms with van der Waals surface area (Å²) in [5, 5.41) is 2.76.